The summed E-state index contributed by atoms with van der Waals surface area (Å²) in [5.74, 6) is 0.799. The van der Waals surface area contributed by atoms with Gasteiger partial charge in [-0.15, -0.1) is 11.8 Å². The van der Waals surface area contributed by atoms with Crippen molar-refractivity contribution in [2.24, 2.45) is 0 Å². The fourth-order valence-electron chi connectivity index (χ4n) is 2.01. The van der Waals surface area contributed by atoms with E-state index in [0.717, 1.165) is 16.3 Å². The predicted molar refractivity (Wildman–Crippen MR) is 97.3 cm³/mol. The Morgan fingerprint density at radius 1 is 1.00 bits per heavy atom. The first-order chi connectivity index (χ1) is 10.9. The minimum Gasteiger partial charge on any atom is -0.491 e. The zero-order chi connectivity index (χ0) is 16.8. The van der Waals surface area contributed by atoms with E-state index in [1.807, 2.05) is 57.2 Å². The van der Waals surface area contributed by atoms with Crippen LogP contribution in [0.4, 0.5) is 5.69 Å². The first-order valence-electron chi connectivity index (χ1n) is 7.75. The Morgan fingerprint density at radius 2 is 1.61 bits per heavy atom. The molecule has 23 heavy (non-hydrogen) atoms. The maximum Gasteiger partial charge on any atom is 0.237 e. The maximum absolute atomic E-state index is 12.3. The number of amides is 1. The monoisotopic (exact) mass is 329 g/mol. The number of anilines is 1. The number of benzene rings is 2. The van der Waals surface area contributed by atoms with E-state index in [1.54, 1.807) is 11.8 Å². The van der Waals surface area contributed by atoms with Gasteiger partial charge in [-0.05, 0) is 64.1 Å². The van der Waals surface area contributed by atoms with E-state index in [4.69, 9.17) is 4.74 Å². The van der Waals surface area contributed by atoms with Gasteiger partial charge < -0.3 is 10.1 Å². The van der Waals surface area contributed by atoms with Crippen LogP contribution < -0.4 is 10.1 Å². The van der Waals surface area contributed by atoms with Gasteiger partial charge in [0.15, 0.2) is 0 Å². The van der Waals surface area contributed by atoms with Crippen LogP contribution in [0.1, 0.15) is 26.3 Å². The first kappa shape index (κ1) is 17.4. The second-order valence-electron chi connectivity index (χ2n) is 5.75. The third kappa shape index (κ3) is 5.64. The van der Waals surface area contributed by atoms with Crippen LogP contribution >= 0.6 is 11.8 Å². The Bertz CT molecular complexity index is 635. The molecule has 2 rings (SSSR count). The van der Waals surface area contributed by atoms with Crippen molar-refractivity contribution >= 4 is 23.4 Å². The molecule has 0 fully saturated rings. The summed E-state index contributed by atoms with van der Waals surface area (Å²) in [6, 6.07) is 15.7. The van der Waals surface area contributed by atoms with Crippen molar-refractivity contribution in [2.75, 3.05) is 5.32 Å². The number of ether oxygens (including phenoxy) is 1. The summed E-state index contributed by atoms with van der Waals surface area (Å²) in [6.07, 6.45) is 0.140. The van der Waals surface area contributed by atoms with Gasteiger partial charge in [0.05, 0.1) is 11.4 Å². The highest BCUT2D eigenvalue weighted by Crippen LogP contribution is 2.25. The molecule has 3 nitrogen and oxygen atoms in total. The summed E-state index contributed by atoms with van der Waals surface area (Å²) in [7, 11) is 0. The van der Waals surface area contributed by atoms with Crippen LogP contribution in [0.5, 0.6) is 5.75 Å². The average Bonchev–Trinajstić information content (AvgIpc) is 2.51. The van der Waals surface area contributed by atoms with Crippen LogP contribution in [0.3, 0.4) is 0 Å². The highest BCUT2D eigenvalue weighted by atomic mass is 32.2. The molecule has 0 heterocycles. The second-order valence-corrected chi connectivity index (χ2v) is 7.17. The Kier molecular flexibility index (Phi) is 6.11. The molecule has 0 bridgehead atoms. The van der Waals surface area contributed by atoms with Crippen LogP contribution in [0, 0.1) is 6.92 Å². The maximum atomic E-state index is 12.3. The van der Waals surface area contributed by atoms with Crippen molar-refractivity contribution in [3.63, 3.8) is 0 Å². The van der Waals surface area contributed by atoms with E-state index in [1.165, 1.54) is 5.56 Å². The van der Waals surface area contributed by atoms with Gasteiger partial charge in [-0.1, -0.05) is 17.7 Å². The summed E-state index contributed by atoms with van der Waals surface area (Å²) in [5, 5.41) is 2.78. The quantitative estimate of drug-likeness (QED) is 0.766. The molecule has 0 unspecified atom stereocenters. The van der Waals surface area contributed by atoms with Crippen LogP contribution in [0.2, 0.25) is 0 Å². The fourth-order valence-corrected chi connectivity index (χ4v) is 2.87. The molecule has 4 heteroatoms. The first-order valence-corrected chi connectivity index (χ1v) is 8.63. The van der Waals surface area contributed by atoms with Gasteiger partial charge in [0.25, 0.3) is 0 Å². The normalized spacial score (nSPS) is 12.0. The number of nitrogens with one attached hydrogen (secondary N) is 1. The highest BCUT2D eigenvalue weighted by Gasteiger charge is 2.14. The SMILES string of the molecule is Cc1ccc(S[C@H](C)C(=O)Nc2ccc(OC(C)C)cc2)cc1. The number of hydrogen-bond acceptors (Lipinski definition) is 3. The van der Waals surface area contributed by atoms with Crippen molar-refractivity contribution in [3.05, 3.63) is 54.1 Å². The molecule has 1 amide bonds. The summed E-state index contributed by atoms with van der Waals surface area (Å²) >= 11 is 1.55. The van der Waals surface area contributed by atoms with E-state index in [2.05, 4.69) is 24.4 Å². The zero-order valence-electron chi connectivity index (χ0n) is 14.0. The Labute approximate surface area is 142 Å². The number of thioether (sulfide) groups is 1. The summed E-state index contributed by atoms with van der Waals surface area (Å²) < 4.78 is 5.59. The van der Waals surface area contributed by atoms with Crippen LogP contribution in [0.25, 0.3) is 0 Å². The zero-order valence-corrected chi connectivity index (χ0v) is 14.8. The standard InChI is InChI=1S/C19H23NO2S/c1-13(2)22-17-9-7-16(8-10-17)20-19(21)15(4)23-18-11-5-14(3)6-12-18/h5-13,15H,1-4H3,(H,20,21)/t15-/m1/s1. The molecule has 0 saturated heterocycles. The highest BCUT2D eigenvalue weighted by molar-refractivity contribution is 8.00. The van der Waals surface area contributed by atoms with Gasteiger partial charge in [0, 0.05) is 10.6 Å². The lowest BCUT2D eigenvalue weighted by molar-refractivity contribution is -0.115. The van der Waals surface area contributed by atoms with Gasteiger partial charge >= 0.3 is 0 Å². The molecule has 2 aromatic rings. The Morgan fingerprint density at radius 3 is 2.17 bits per heavy atom. The van der Waals surface area contributed by atoms with Crippen molar-refractivity contribution < 1.29 is 9.53 Å². The lowest BCUT2D eigenvalue weighted by Crippen LogP contribution is -2.22. The van der Waals surface area contributed by atoms with E-state index in [-0.39, 0.29) is 17.3 Å². The molecule has 0 aliphatic heterocycles. The predicted octanol–water partition coefficient (Wildman–Crippen LogP) is 4.90. The average molecular weight is 329 g/mol. The van der Waals surface area contributed by atoms with Gasteiger partial charge in [-0.3, -0.25) is 4.79 Å². The van der Waals surface area contributed by atoms with E-state index >= 15 is 0 Å². The molecule has 122 valence electrons. The van der Waals surface area contributed by atoms with Gasteiger partial charge in [-0.25, -0.2) is 0 Å². The number of carbonyl (C=O) groups excluding carboxylic acids is 1. The van der Waals surface area contributed by atoms with Crippen LogP contribution in [0.15, 0.2) is 53.4 Å². The van der Waals surface area contributed by atoms with Crippen molar-refractivity contribution in [1.29, 1.82) is 0 Å². The summed E-state index contributed by atoms with van der Waals surface area (Å²) in [4.78, 5) is 13.4. The minimum absolute atomic E-state index is 0.00639. The lowest BCUT2D eigenvalue weighted by atomic mass is 10.2. The number of rotatable bonds is 6. The molecule has 0 aliphatic rings. The van der Waals surface area contributed by atoms with Crippen molar-refractivity contribution in [1.82, 2.24) is 0 Å². The molecular formula is C19H23NO2S. The van der Waals surface area contributed by atoms with E-state index in [9.17, 15) is 4.79 Å². The Balaban J connectivity index is 1.91. The van der Waals surface area contributed by atoms with Crippen LogP contribution in [-0.4, -0.2) is 17.3 Å². The van der Waals surface area contributed by atoms with Gasteiger partial charge in [0.2, 0.25) is 5.91 Å². The number of aryl methyl sites for hydroxylation is 1. The van der Waals surface area contributed by atoms with Gasteiger partial charge in [-0.2, -0.15) is 0 Å². The summed E-state index contributed by atoms with van der Waals surface area (Å²) in [6.45, 7) is 7.94. The molecule has 0 radical (unpaired) electrons. The molecule has 0 saturated carbocycles. The molecule has 0 aliphatic carbocycles. The fraction of sp³-hybridized carbons (Fsp3) is 0.316. The van der Waals surface area contributed by atoms with Crippen molar-refractivity contribution in [2.45, 2.75) is 43.9 Å². The topological polar surface area (TPSA) is 38.3 Å². The molecule has 1 N–H and O–H groups in total. The number of carbonyl (C=O) groups is 1. The minimum atomic E-state index is -0.163. The molecule has 2 aromatic carbocycles. The smallest absolute Gasteiger partial charge is 0.237 e. The second kappa shape index (κ2) is 8.06. The molecule has 1 atom stereocenters. The third-order valence-electron chi connectivity index (χ3n) is 3.20. The largest absolute Gasteiger partial charge is 0.491 e. The van der Waals surface area contributed by atoms with Crippen LogP contribution in [-0.2, 0) is 4.79 Å². The Hall–Kier alpha value is -1.94. The molecule has 0 aromatic heterocycles. The van der Waals surface area contributed by atoms with E-state index in [0.29, 0.717) is 0 Å². The number of hydrogen-bond donors (Lipinski definition) is 1. The molecular weight excluding hydrogens is 306 g/mol. The summed E-state index contributed by atoms with van der Waals surface area (Å²) in [5.41, 5.74) is 2.00. The molecule has 0 spiro atoms. The van der Waals surface area contributed by atoms with Crippen molar-refractivity contribution in [3.8, 4) is 5.75 Å². The third-order valence-corrected chi connectivity index (χ3v) is 4.31. The van der Waals surface area contributed by atoms with Gasteiger partial charge in [0.1, 0.15) is 5.75 Å². The lowest BCUT2D eigenvalue weighted by Gasteiger charge is -2.13. The van der Waals surface area contributed by atoms with E-state index < -0.39 is 0 Å².